The molecular weight excluding hydrogens is 253 g/mol. The zero-order chi connectivity index (χ0) is 10.8. The van der Waals surface area contributed by atoms with Crippen molar-refractivity contribution in [3.63, 3.8) is 0 Å². The van der Waals surface area contributed by atoms with Crippen LogP contribution < -0.4 is 5.73 Å². The standard InChI is InChI=1S/C9H7Cl2N3S/c10-5-1-2-7(11)6(3-5)9(12)8-4-15-14-13-8/h1-4,9H,12H2. The second kappa shape index (κ2) is 4.45. The largest absolute Gasteiger partial charge is 0.319 e. The summed E-state index contributed by atoms with van der Waals surface area (Å²) in [5.41, 5.74) is 7.45. The number of hydrogen-bond donors (Lipinski definition) is 1. The third-order valence-electron chi connectivity index (χ3n) is 1.99. The van der Waals surface area contributed by atoms with Crippen LogP contribution in [0, 0.1) is 0 Å². The molecule has 2 rings (SSSR count). The van der Waals surface area contributed by atoms with Gasteiger partial charge in [-0.25, -0.2) is 0 Å². The maximum atomic E-state index is 6.02. The minimum absolute atomic E-state index is 0.380. The summed E-state index contributed by atoms with van der Waals surface area (Å²) in [4.78, 5) is 0. The lowest BCUT2D eigenvalue weighted by Crippen LogP contribution is -2.12. The number of rotatable bonds is 2. The molecule has 1 aromatic heterocycles. The van der Waals surface area contributed by atoms with Crippen molar-refractivity contribution in [2.24, 2.45) is 5.73 Å². The van der Waals surface area contributed by atoms with Crippen molar-refractivity contribution < 1.29 is 0 Å². The Labute approximate surface area is 101 Å². The van der Waals surface area contributed by atoms with Crippen molar-refractivity contribution in [2.45, 2.75) is 6.04 Å². The Morgan fingerprint density at radius 3 is 2.80 bits per heavy atom. The highest BCUT2D eigenvalue weighted by Crippen LogP contribution is 2.28. The topological polar surface area (TPSA) is 51.8 Å². The number of aromatic nitrogens is 2. The van der Waals surface area contributed by atoms with Crippen LogP contribution in [0.5, 0.6) is 0 Å². The van der Waals surface area contributed by atoms with Crippen molar-refractivity contribution in [2.75, 3.05) is 0 Å². The third kappa shape index (κ3) is 2.29. The van der Waals surface area contributed by atoms with Gasteiger partial charge in [0.15, 0.2) is 0 Å². The molecule has 3 nitrogen and oxygen atoms in total. The third-order valence-corrected chi connectivity index (χ3v) is 3.09. The molecule has 15 heavy (non-hydrogen) atoms. The second-order valence-corrected chi connectivity index (χ2v) is 4.43. The summed E-state index contributed by atoms with van der Waals surface area (Å²) in [7, 11) is 0. The van der Waals surface area contributed by atoms with Crippen LogP contribution in [0.15, 0.2) is 23.6 Å². The molecule has 0 amide bonds. The Balaban J connectivity index is 2.41. The molecule has 0 fully saturated rings. The first kappa shape index (κ1) is 10.8. The van der Waals surface area contributed by atoms with E-state index in [9.17, 15) is 0 Å². The summed E-state index contributed by atoms with van der Waals surface area (Å²) in [5.74, 6) is 0. The first-order chi connectivity index (χ1) is 7.18. The smallest absolute Gasteiger partial charge is 0.0968 e. The molecule has 0 saturated heterocycles. The van der Waals surface area contributed by atoms with Crippen molar-refractivity contribution in [1.82, 2.24) is 9.59 Å². The maximum absolute atomic E-state index is 6.02. The molecule has 78 valence electrons. The lowest BCUT2D eigenvalue weighted by molar-refractivity contribution is 0.818. The fraction of sp³-hybridized carbons (Fsp3) is 0.111. The predicted octanol–water partition coefficient (Wildman–Crippen LogP) is 2.89. The first-order valence-electron chi connectivity index (χ1n) is 4.16. The van der Waals surface area contributed by atoms with Crippen molar-refractivity contribution in [3.8, 4) is 0 Å². The lowest BCUT2D eigenvalue weighted by Gasteiger charge is -2.10. The Morgan fingerprint density at radius 1 is 1.33 bits per heavy atom. The van der Waals surface area contributed by atoms with Gasteiger partial charge in [-0.2, -0.15) is 0 Å². The van der Waals surface area contributed by atoms with E-state index >= 15 is 0 Å². The molecule has 2 aromatic rings. The SMILES string of the molecule is NC(c1csnn1)c1cc(Cl)ccc1Cl. The Bertz CT molecular complexity index is 458. The molecule has 6 heteroatoms. The molecule has 0 saturated carbocycles. The maximum Gasteiger partial charge on any atom is 0.0968 e. The van der Waals surface area contributed by atoms with Crippen LogP contribution in [-0.4, -0.2) is 9.59 Å². The molecule has 1 unspecified atom stereocenters. The molecule has 0 bridgehead atoms. The number of benzene rings is 1. The Morgan fingerprint density at radius 2 is 2.13 bits per heavy atom. The first-order valence-corrected chi connectivity index (χ1v) is 5.75. The minimum atomic E-state index is -0.380. The minimum Gasteiger partial charge on any atom is -0.319 e. The summed E-state index contributed by atoms with van der Waals surface area (Å²) < 4.78 is 3.76. The summed E-state index contributed by atoms with van der Waals surface area (Å²) in [6.45, 7) is 0. The van der Waals surface area contributed by atoms with Gasteiger partial charge < -0.3 is 5.73 Å². The Kier molecular flexibility index (Phi) is 3.21. The average molecular weight is 260 g/mol. The quantitative estimate of drug-likeness (QED) is 0.903. The van der Waals surface area contributed by atoms with Gasteiger partial charge in [-0.15, -0.1) is 5.10 Å². The average Bonchev–Trinajstić information content (AvgIpc) is 2.74. The van der Waals surface area contributed by atoms with E-state index in [0.717, 1.165) is 5.56 Å². The van der Waals surface area contributed by atoms with Gasteiger partial charge in [0.05, 0.1) is 11.7 Å². The summed E-state index contributed by atoms with van der Waals surface area (Å²) in [6.07, 6.45) is 0. The van der Waals surface area contributed by atoms with Crippen LogP contribution in [0.1, 0.15) is 17.3 Å². The Hall–Kier alpha value is -0.680. The van der Waals surface area contributed by atoms with Crippen molar-refractivity contribution in [1.29, 1.82) is 0 Å². The summed E-state index contributed by atoms with van der Waals surface area (Å²) in [5, 5.41) is 6.89. The van der Waals surface area contributed by atoms with Gasteiger partial charge in [0.2, 0.25) is 0 Å². The molecule has 2 N–H and O–H groups in total. The van der Waals surface area contributed by atoms with Crippen LogP contribution in [-0.2, 0) is 0 Å². The predicted molar refractivity (Wildman–Crippen MR) is 62.4 cm³/mol. The number of nitrogens with zero attached hydrogens (tertiary/aromatic N) is 2. The zero-order valence-corrected chi connectivity index (χ0v) is 9.85. The highest BCUT2D eigenvalue weighted by Gasteiger charge is 2.15. The van der Waals surface area contributed by atoms with E-state index in [1.165, 1.54) is 11.5 Å². The monoisotopic (exact) mass is 259 g/mol. The molecule has 1 heterocycles. The van der Waals surface area contributed by atoms with E-state index in [0.29, 0.717) is 15.7 Å². The summed E-state index contributed by atoms with van der Waals surface area (Å²) in [6, 6.07) is 4.81. The van der Waals surface area contributed by atoms with Gasteiger partial charge in [-0.05, 0) is 35.3 Å². The van der Waals surface area contributed by atoms with Gasteiger partial charge in [-0.1, -0.05) is 27.7 Å². The summed E-state index contributed by atoms with van der Waals surface area (Å²) >= 11 is 13.2. The van der Waals surface area contributed by atoms with E-state index in [-0.39, 0.29) is 6.04 Å². The van der Waals surface area contributed by atoms with Crippen LogP contribution in [0.25, 0.3) is 0 Å². The second-order valence-electron chi connectivity index (χ2n) is 2.97. The van der Waals surface area contributed by atoms with Gasteiger partial charge in [-0.3, -0.25) is 0 Å². The van der Waals surface area contributed by atoms with E-state index in [2.05, 4.69) is 9.59 Å². The van der Waals surface area contributed by atoms with Gasteiger partial charge in [0, 0.05) is 15.4 Å². The molecule has 0 aliphatic rings. The number of nitrogens with two attached hydrogens (primary N) is 1. The van der Waals surface area contributed by atoms with E-state index in [1.54, 1.807) is 23.6 Å². The number of halogens is 2. The van der Waals surface area contributed by atoms with Crippen LogP contribution >= 0.6 is 34.7 Å². The molecule has 1 atom stereocenters. The molecular formula is C9H7Cl2N3S. The van der Waals surface area contributed by atoms with Crippen molar-refractivity contribution >= 4 is 34.7 Å². The number of hydrogen-bond acceptors (Lipinski definition) is 4. The molecule has 0 aliphatic carbocycles. The van der Waals surface area contributed by atoms with Crippen LogP contribution in [0.2, 0.25) is 10.0 Å². The molecule has 0 aliphatic heterocycles. The fourth-order valence-corrected chi connectivity index (χ4v) is 2.13. The normalized spacial score (nSPS) is 12.7. The van der Waals surface area contributed by atoms with Crippen LogP contribution in [0.4, 0.5) is 0 Å². The zero-order valence-electron chi connectivity index (χ0n) is 7.52. The highest BCUT2D eigenvalue weighted by atomic mass is 35.5. The van der Waals surface area contributed by atoms with Crippen molar-refractivity contribution in [3.05, 3.63) is 44.9 Å². The molecule has 1 aromatic carbocycles. The van der Waals surface area contributed by atoms with Gasteiger partial charge in [0.1, 0.15) is 0 Å². The van der Waals surface area contributed by atoms with Gasteiger partial charge >= 0.3 is 0 Å². The molecule has 0 spiro atoms. The van der Waals surface area contributed by atoms with E-state index in [4.69, 9.17) is 28.9 Å². The van der Waals surface area contributed by atoms with Crippen LogP contribution in [0.3, 0.4) is 0 Å². The van der Waals surface area contributed by atoms with E-state index in [1.807, 2.05) is 0 Å². The lowest BCUT2D eigenvalue weighted by atomic mass is 10.1. The fourth-order valence-electron chi connectivity index (χ4n) is 1.22. The van der Waals surface area contributed by atoms with E-state index < -0.39 is 0 Å². The highest BCUT2D eigenvalue weighted by molar-refractivity contribution is 7.03. The molecule has 0 radical (unpaired) electrons. The van der Waals surface area contributed by atoms with Gasteiger partial charge in [0.25, 0.3) is 0 Å².